The van der Waals surface area contributed by atoms with Crippen LogP contribution in [0.1, 0.15) is 0 Å². The van der Waals surface area contributed by atoms with Crippen LogP contribution in [0.5, 0.6) is 0 Å². The van der Waals surface area contributed by atoms with E-state index in [4.69, 9.17) is 0 Å². The summed E-state index contributed by atoms with van der Waals surface area (Å²) in [6.45, 7) is 0. The first kappa shape index (κ1) is 12.0. The first-order chi connectivity index (χ1) is 7.38. The second-order valence-electron chi connectivity index (χ2n) is 2.72. The van der Waals surface area contributed by atoms with Gasteiger partial charge in [-0.15, -0.1) is 0 Å². The summed E-state index contributed by atoms with van der Waals surface area (Å²) in [6.07, 6.45) is -4.71. The van der Waals surface area contributed by atoms with E-state index in [0.717, 1.165) is 12.1 Å². The van der Waals surface area contributed by atoms with Gasteiger partial charge in [0.25, 0.3) is 5.69 Å². The molecule has 16 heavy (non-hydrogen) atoms. The number of nitro benzene ring substituents is 1. The van der Waals surface area contributed by atoms with Gasteiger partial charge in [-0.3, -0.25) is 15.5 Å². The third-order valence-corrected chi connectivity index (χ3v) is 1.48. The molecular formula is C8H6F3N3O2. The highest BCUT2D eigenvalue weighted by Crippen LogP contribution is 2.16. The van der Waals surface area contributed by atoms with Crippen molar-refractivity contribution in [3.63, 3.8) is 0 Å². The molecule has 0 aliphatic heterocycles. The van der Waals surface area contributed by atoms with Crippen LogP contribution in [0.15, 0.2) is 29.4 Å². The molecule has 1 rings (SSSR count). The molecule has 0 unspecified atom stereocenters. The molecule has 1 N–H and O–H groups in total. The van der Waals surface area contributed by atoms with E-state index in [1.165, 1.54) is 12.1 Å². The number of nitrogens with zero attached hydrogens (tertiary/aromatic N) is 2. The van der Waals surface area contributed by atoms with Crippen molar-refractivity contribution in [1.82, 2.24) is 0 Å². The molecule has 0 aliphatic carbocycles. The van der Waals surface area contributed by atoms with E-state index in [-0.39, 0.29) is 17.6 Å². The van der Waals surface area contributed by atoms with Crippen LogP contribution in [0.4, 0.5) is 24.5 Å². The van der Waals surface area contributed by atoms with Crippen molar-refractivity contribution < 1.29 is 18.1 Å². The van der Waals surface area contributed by atoms with Gasteiger partial charge in [0.05, 0.1) is 10.6 Å². The summed E-state index contributed by atoms with van der Waals surface area (Å²) < 4.78 is 34.9. The molecule has 1 aromatic rings. The predicted octanol–water partition coefficient (Wildman–Crippen LogP) is 2.55. The minimum Gasteiger partial charge on any atom is -0.279 e. The van der Waals surface area contributed by atoms with Crippen LogP contribution >= 0.6 is 0 Å². The van der Waals surface area contributed by atoms with Gasteiger partial charge in [-0.05, 0) is 12.1 Å². The quantitative estimate of drug-likeness (QED) is 0.495. The summed E-state index contributed by atoms with van der Waals surface area (Å²) in [5.74, 6) is 0. The average molecular weight is 233 g/mol. The Balaban J connectivity index is 2.63. The monoisotopic (exact) mass is 233 g/mol. The third-order valence-electron chi connectivity index (χ3n) is 1.48. The highest BCUT2D eigenvalue weighted by atomic mass is 19.4. The Hall–Kier alpha value is -2.12. The predicted molar refractivity (Wildman–Crippen MR) is 51.3 cm³/mol. The number of benzene rings is 1. The maximum absolute atomic E-state index is 11.6. The van der Waals surface area contributed by atoms with E-state index in [1.54, 1.807) is 0 Å². The highest BCUT2D eigenvalue weighted by Gasteiger charge is 2.23. The van der Waals surface area contributed by atoms with E-state index in [2.05, 4.69) is 10.5 Å². The molecule has 0 aliphatic rings. The standard InChI is InChI=1S/C8H6F3N3O2/c9-8(10,11)5-12-13-6-1-3-7(4-2-6)14(15)16/h1-5,13H. The Labute approximate surface area is 87.7 Å². The van der Waals surface area contributed by atoms with Gasteiger partial charge >= 0.3 is 6.18 Å². The summed E-state index contributed by atoms with van der Waals surface area (Å²) in [4.78, 5) is 9.66. The van der Waals surface area contributed by atoms with Crippen LogP contribution in [-0.2, 0) is 0 Å². The maximum Gasteiger partial charge on any atom is 0.428 e. The van der Waals surface area contributed by atoms with Crippen molar-refractivity contribution in [1.29, 1.82) is 0 Å². The van der Waals surface area contributed by atoms with E-state index in [0.29, 0.717) is 0 Å². The van der Waals surface area contributed by atoms with Crippen LogP contribution < -0.4 is 5.43 Å². The van der Waals surface area contributed by atoms with Gasteiger partial charge in [-0.25, -0.2) is 0 Å². The Morgan fingerprint density at radius 3 is 2.31 bits per heavy atom. The van der Waals surface area contributed by atoms with E-state index in [9.17, 15) is 23.3 Å². The molecule has 1 aromatic carbocycles. The molecule has 0 fully saturated rings. The third kappa shape index (κ3) is 3.95. The average Bonchev–Trinajstić information content (AvgIpc) is 2.16. The zero-order valence-electron chi connectivity index (χ0n) is 7.73. The van der Waals surface area contributed by atoms with E-state index in [1.807, 2.05) is 0 Å². The number of hydrogen-bond donors (Lipinski definition) is 1. The van der Waals surface area contributed by atoms with Gasteiger partial charge in [0, 0.05) is 12.1 Å². The van der Waals surface area contributed by atoms with Crippen molar-refractivity contribution in [3.8, 4) is 0 Å². The fraction of sp³-hybridized carbons (Fsp3) is 0.125. The zero-order valence-corrected chi connectivity index (χ0v) is 7.73. The Morgan fingerprint density at radius 2 is 1.88 bits per heavy atom. The highest BCUT2D eigenvalue weighted by molar-refractivity contribution is 5.65. The number of non-ortho nitro benzene ring substituents is 1. The fourth-order valence-electron chi connectivity index (χ4n) is 0.838. The van der Waals surface area contributed by atoms with Crippen molar-refractivity contribution >= 4 is 17.6 Å². The number of alkyl halides is 3. The second-order valence-corrected chi connectivity index (χ2v) is 2.72. The molecule has 8 heteroatoms. The van der Waals surface area contributed by atoms with Crippen LogP contribution in [0.2, 0.25) is 0 Å². The lowest BCUT2D eigenvalue weighted by Crippen LogP contribution is -2.09. The smallest absolute Gasteiger partial charge is 0.279 e. The van der Waals surface area contributed by atoms with Gasteiger partial charge < -0.3 is 0 Å². The number of anilines is 1. The number of nitrogens with one attached hydrogen (secondary N) is 1. The van der Waals surface area contributed by atoms with Gasteiger partial charge in [-0.2, -0.15) is 18.3 Å². The first-order valence-electron chi connectivity index (χ1n) is 4.00. The molecule has 5 nitrogen and oxygen atoms in total. The number of nitro groups is 1. The van der Waals surface area contributed by atoms with E-state index < -0.39 is 11.1 Å². The minimum atomic E-state index is -4.49. The van der Waals surface area contributed by atoms with Crippen LogP contribution in [0.25, 0.3) is 0 Å². The second kappa shape index (κ2) is 4.60. The summed E-state index contributed by atoms with van der Waals surface area (Å²) in [7, 11) is 0. The van der Waals surface area contributed by atoms with Crippen LogP contribution in [0.3, 0.4) is 0 Å². The van der Waals surface area contributed by atoms with Gasteiger partial charge in [-0.1, -0.05) is 0 Å². The molecule has 0 saturated heterocycles. The topological polar surface area (TPSA) is 67.5 Å². The Bertz CT molecular complexity index is 400. The fourth-order valence-corrected chi connectivity index (χ4v) is 0.838. The lowest BCUT2D eigenvalue weighted by Gasteiger charge is -2.00. The first-order valence-corrected chi connectivity index (χ1v) is 4.00. The summed E-state index contributed by atoms with van der Waals surface area (Å²) in [5.41, 5.74) is 2.17. The largest absolute Gasteiger partial charge is 0.428 e. The summed E-state index contributed by atoms with van der Waals surface area (Å²) >= 11 is 0. The molecule has 0 bridgehead atoms. The Morgan fingerprint density at radius 1 is 1.31 bits per heavy atom. The molecule has 0 saturated carbocycles. The number of hydrogen-bond acceptors (Lipinski definition) is 4. The normalized spacial score (nSPS) is 11.7. The van der Waals surface area contributed by atoms with Crippen molar-refractivity contribution in [2.24, 2.45) is 5.10 Å². The van der Waals surface area contributed by atoms with Crippen LogP contribution in [-0.4, -0.2) is 17.3 Å². The van der Waals surface area contributed by atoms with Gasteiger partial charge in [0.15, 0.2) is 0 Å². The molecule has 0 spiro atoms. The van der Waals surface area contributed by atoms with Crippen molar-refractivity contribution in [2.45, 2.75) is 6.18 Å². The molecule has 0 amide bonds. The maximum atomic E-state index is 11.6. The summed E-state index contributed by atoms with van der Waals surface area (Å²) in [5, 5.41) is 13.2. The molecule has 0 atom stereocenters. The van der Waals surface area contributed by atoms with Gasteiger partial charge in [0.2, 0.25) is 0 Å². The lowest BCUT2D eigenvalue weighted by atomic mass is 10.3. The molecule has 0 aromatic heterocycles. The zero-order chi connectivity index (χ0) is 12.2. The SMILES string of the molecule is O=[N+]([O-])c1ccc(NN=CC(F)(F)F)cc1. The van der Waals surface area contributed by atoms with E-state index >= 15 is 0 Å². The number of rotatable bonds is 3. The van der Waals surface area contributed by atoms with Crippen LogP contribution in [0, 0.1) is 10.1 Å². The number of halogens is 3. The lowest BCUT2D eigenvalue weighted by molar-refractivity contribution is -0.384. The molecular weight excluding hydrogens is 227 g/mol. The van der Waals surface area contributed by atoms with Gasteiger partial charge in [0.1, 0.15) is 6.21 Å². The molecule has 86 valence electrons. The molecule has 0 heterocycles. The summed E-state index contributed by atoms with van der Waals surface area (Å²) in [6, 6.07) is 4.83. The number of hydrazone groups is 1. The molecule has 0 radical (unpaired) electrons. The van der Waals surface area contributed by atoms with Crippen molar-refractivity contribution in [2.75, 3.05) is 5.43 Å². The van der Waals surface area contributed by atoms with Crippen molar-refractivity contribution in [3.05, 3.63) is 34.4 Å². The minimum absolute atomic E-state index is 0.148. The Kier molecular flexibility index (Phi) is 3.44.